The van der Waals surface area contributed by atoms with Crippen LogP contribution >= 0.6 is 11.3 Å². The highest BCUT2D eigenvalue weighted by Crippen LogP contribution is 2.24. The number of hydrogen-bond donors (Lipinski definition) is 2. The summed E-state index contributed by atoms with van der Waals surface area (Å²) >= 11 is 1.85. The Labute approximate surface area is 117 Å². The fraction of sp³-hybridized carbons (Fsp3) is 0.286. The van der Waals surface area contributed by atoms with Crippen molar-refractivity contribution in [3.63, 3.8) is 0 Å². The third kappa shape index (κ3) is 2.90. The second-order valence-electron chi connectivity index (χ2n) is 4.95. The first-order chi connectivity index (χ1) is 9.22. The summed E-state index contributed by atoms with van der Waals surface area (Å²) in [5, 5.41) is 20.6. The Morgan fingerprint density at radius 3 is 3.00 bits per heavy atom. The Morgan fingerprint density at radius 2 is 2.16 bits per heavy atom. The summed E-state index contributed by atoms with van der Waals surface area (Å²) in [7, 11) is -1.38. The number of benzene rings is 1. The zero-order valence-electron chi connectivity index (χ0n) is 10.6. The lowest BCUT2D eigenvalue weighted by molar-refractivity contribution is 0.247. The number of hydrogen-bond acceptors (Lipinski definition) is 4. The van der Waals surface area contributed by atoms with Crippen LogP contribution in [-0.2, 0) is 19.5 Å². The lowest BCUT2D eigenvalue weighted by atomic mass is 9.79. The summed E-state index contributed by atoms with van der Waals surface area (Å²) in [5.41, 5.74) is 3.13. The molecule has 1 aliphatic heterocycles. The topological polar surface area (TPSA) is 43.7 Å². The molecule has 0 fully saturated rings. The molecule has 0 spiro atoms. The van der Waals surface area contributed by atoms with E-state index in [1.807, 2.05) is 29.5 Å². The Hall–Kier alpha value is -1.14. The lowest BCUT2D eigenvalue weighted by Crippen LogP contribution is -2.32. The molecule has 3 rings (SSSR count). The average molecular weight is 273 g/mol. The molecule has 3 nitrogen and oxygen atoms in total. The molecule has 2 aromatic rings. The summed E-state index contributed by atoms with van der Waals surface area (Å²) in [6.07, 6.45) is 1.12. The minimum absolute atomic E-state index is 0.561. The molecule has 2 heterocycles. The molecule has 5 heteroatoms. The molecule has 19 heavy (non-hydrogen) atoms. The monoisotopic (exact) mass is 273 g/mol. The highest BCUT2D eigenvalue weighted by atomic mass is 32.1. The molecular weight excluding hydrogens is 257 g/mol. The summed E-state index contributed by atoms with van der Waals surface area (Å²) in [4.78, 5) is 3.91. The highest BCUT2D eigenvalue weighted by molar-refractivity contribution is 7.10. The van der Waals surface area contributed by atoms with Gasteiger partial charge in [0.15, 0.2) is 0 Å². The molecule has 0 unspecified atom stereocenters. The first kappa shape index (κ1) is 12.9. The van der Waals surface area contributed by atoms with Gasteiger partial charge in [0, 0.05) is 24.5 Å². The Balaban J connectivity index is 1.71. The molecule has 0 saturated heterocycles. The number of rotatable bonds is 3. The van der Waals surface area contributed by atoms with Gasteiger partial charge in [0.25, 0.3) is 0 Å². The van der Waals surface area contributed by atoms with E-state index >= 15 is 0 Å². The molecule has 0 saturated carbocycles. The Morgan fingerprint density at radius 1 is 1.26 bits per heavy atom. The molecule has 0 radical (unpaired) electrons. The molecular formula is C14H16BNO2S. The normalized spacial score (nSPS) is 15.3. The molecule has 1 aromatic heterocycles. The second kappa shape index (κ2) is 5.47. The van der Waals surface area contributed by atoms with E-state index in [1.54, 1.807) is 6.07 Å². The zero-order valence-corrected chi connectivity index (χ0v) is 11.4. The minimum atomic E-state index is -1.38. The van der Waals surface area contributed by atoms with Crippen molar-refractivity contribution in [1.29, 1.82) is 0 Å². The van der Waals surface area contributed by atoms with Gasteiger partial charge in [-0.05, 0) is 34.5 Å². The van der Waals surface area contributed by atoms with Crippen LogP contribution in [0.1, 0.15) is 16.0 Å². The van der Waals surface area contributed by atoms with Gasteiger partial charge in [-0.3, -0.25) is 4.90 Å². The van der Waals surface area contributed by atoms with Crippen LogP contribution in [0, 0.1) is 0 Å². The highest BCUT2D eigenvalue weighted by Gasteiger charge is 2.18. The summed E-state index contributed by atoms with van der Waals surface area (Å²) in [6, 6.07) is 9.73. The Kier molecular flexibility index (Phi) is 3.70. The van der Waals surface area contributed by atoms with Gasteiger partial charge >= 0.3 is 7.12 Å². The molecule has 0 atom stereocenters. The Bertz CT molecular complexity index is 570. The average Bonchev–Trinajstić information content (AvgIpc) is 2.86. The van der Waals surface area contributed by atoms with E-state index in [9.17, 15) is 10.0 Å². The van der Waals surface area contributed by atoms with E-state index in [2.05, 4.69) is 16.3 Å². The van der Waals surface area contributed by atoms with Crippen LogP contribution in [0.4, 0.5) is 0 Å². The molecule has 2 N–H and O–H groups in total. The minimum Gasteiger partial charge on any atom is -0.423 e. The van der Waals surface area contributed by atoms with Crippen LogP contribution in [0.3, 0.4) is 0 Å². The predicted molar refractivity (Wildman–Crippen MR) is 78.4 cm³/mol. The van der Waals surface area contributed by atoms with Crippen LogP contribution in [0.2, 0.25) is 0 Å². The standard InChI is InChI=1S/C14H16BNO2S/c17-15(18)13-3-1-2-11(8-13)9-16-6-4-14-12(10-16)5-7-19-14/h1-3,5,7-8,17-18H,4,6,9-10H2. The second-order valence-corrected chi connectivity index (χ2v) is 5.95. The van der Waals surface area contributed by atoms with Crippen molar-refractivity contribution in [3.05, 3.63) is 51.7 Å². The van der Waals surface area contributed by atoms with E-state index in [4.69, 9.17) is 0 Å². The summed E-state index contributed by atoms with van der Waals surface area (Å²) in [6.45, 7) is 2.92. The van der Waals surface area contributed by atoms with Gasteiger partial charge < -0.3 is 10.0 Å². The molecule has 0 bridgehead atoms. The zero-order chi connectivity index (χ0) is 13.2. The van der Waals surface area contributed by atoms with E-state index in [1.165, 1.54) is 10.4 Å². The maximum Gasteiger partial charge on any atom is 0.488 e. The van der Waals surface area contributed by atoms with Gasteiger partial charge in [0.2, 0.25) is 0 Å². The first-order valence-corrected chi connectivity index (χ1v) is 7.33. The third-order valence-corrected chi connectivity index (χ3v) is 4.57. The predicted octanol–water partition coefficient (Wildman–Crippen LogP) is 0.986. The van der Waals surface area contributed by atoms with Crippen LogP contribution < -0.4 is 5.46 Å². The lowest BCUT2D eigenvalue weighted by Gasteiger charge is -2.27. The van der Waals surface area contributed by atoms with Crippen LogP contribution in [0.25, 0.3) is 0 Å². The van der Waals surface area contributed by atoms with E-state index in [-0.39, 0.29) is 0 Å². The molecule has 1 aliphatic rings. The van der Waals surface area contributed by atoms with Crippen molar-refractivity contribution in [1.82, 2.24) is 4.90 Å². The number of fused-ring (bicyclic) bond motifs is 1. The van der Waals surface area contributed by atoms with Crippen molar-refractivity contribution in [3.8, 4) is 0 Å². The van der Waals surface area contributed by atoms with Crippen LogP contribution in [0.5, 0.6) is 0 Å². The van der Waals surface area contributed by atoms with Crippen molar-refractivity contribution < 1.29 is 10.0 Å². The van der Waals surface area contributed by atoms with Crippen LogP contribution in [0.15, 0.2) is 35.7 Å². The number of nitrogens with zero attached hydrogens (tertiary/aromatic N) is 1. The van der Waals surface area contributed by atoms with Crippen molar-refractivity contribution in [2.24, 2.45) is 0 Å². The summed E-state index contributed by atoms with van der Waals surface area (Å²) < 4.78 is 0. The smallest absolute Gasteiger partial charge is 0.423 e. The van der Waals surface area contributed by atoms with E-state index < -0.39 is 7.12 Å². The van der Waals surface area contributed by atoms with E-state index in [0.29, 0.717) is 5.46 Å². The third-order valence-electron chi connectivity index (χ3n) is 3.54. The molecule has 0 aliphatic carbocycles. The number of thiophene rings is 1. The SMILES string of the molecule is OB(O)c1cccc(CN2CCc3sccc3C2)c1. The molecule has 0 amide bonds. The van der Waals surface area contributed by atoms with Gasteiger partial charge in [-0.2, -0.15) is 0 Å². The van der Waals surface area contributed by atoms with Gasteiger partial charge in [-0.1, -0.05) is 24.3 Å². The fourth-order valence-electron chi connectivity index (χ4n) is 2.55. The largest absolute Gasteiger partial charge is 0.488 e. The van der Waals surface area contributed by atoms with Gasteiger partial charge in [0.1, 0.15) is 0 Å². The summed E-state index contributed by atoms with van der Waals surface area (Å²) in [5.74, 6) is 0. The maximum atomic E-state index is 9.20. The van der Waals surface area contributed by atoms with Crippen molar-refractivity contribution in [2.75, 3.05) is 6.54 Å². The van der Waals surface area contributed by atoms with Crippen molar-refractivity contribution in [2.45, 2.75) is 19.5 Å². The maximum absolute atomic E-state index is 9.20. The molecule has 1 aromatic carbocycles. The van der Waals surface area contributed by atoms with Crippen LogP contribution in [-0.4, -0.2) is 28.6 Å². The van der Waals surface area contributed by atoms with Gasteiger partial charge in [-0.15, -0.1) is 11.3 Å². The first-order valence-electron chi connectivity index (χ1n) is 6.45. The molecule has 98 valence electrons. The van der Waals surface area contributed by atoms with E-state index in [0.717, 1.165) is 31.6 Å². The van der Waals surface area contributed by atoms with Gasteiger partial charge in [0.05, 0.1) is 0 Å². The quantitative estimate of drug-likeness (QED) is 0.820. The van der Waals surface area contributed by atoms with Gasteiger partial charge in [-0.25, -0.2) is 0 Å². The fourth-order valence-corrected chi connectivity index (χ4v) is 3.44. The van der Waals surface area contributed by atoms with Crippen molar-refractivity contribution >= 4 is 23.9 Å².